The van der Waals surface area contributed by atoms with Crippen molar-refractivity contribution < 1.29 is 9.84 Å². The lowest BCUT2D eigenvalue weighted by atomic mass is 9.90. The molecule has 0 amide bonds. The van der Waals surface area contributed by atoms with Gasteiger partial charge in [0.25, 0.3) is 0 Å². The largest absolute Gasteiger partial charge is 0.508 e. The molecule has 1 heterocycles. The summed E-state index contributed by atoms with van der Waals surface area (Å²) in [6.45, 7) is 1.01. The van der Waals surface area contributed by atoms with E-state index in [-0.39, 0.29) is 0 Å². The first-order chi connectivity index (χ1) is 10.3. The number of aromatic hydroxyl groups is 1. The average molecular weight is 283 g/mol. The van der Waals surface area contributed by atoms with Crippen molar-refractivity contribution in [1.29, 1.82) is 0 Å². The van der Waals surface area contributed by atoms with Crippen molar-refractivity contribution in [3.8, 4) is 11.5 Å². The number of phenols is 1. The molecule has 21 heavy (non-hydrogen) atoms. The molecule has 2 aromatic carbocycles. The number of hydrogen-bond acceptors (Lipinski definition) is 3. The van der Waals surface area contributed by atoms with E-state index < -0.39 is 0 Å². The number of fused-ring (bicyclic) bond motifs is 1. The lowest BCUT2D eigenvalue weighted by Crippen LogP contribution is -2.30. The van der Waals surface area contributed by atoms with Crippen molar-refractivity contribution in [2.75, 3.05) is 13.7 Å². The third-order valence-electron chi connectivity index (χ3n) is 4.17. The summed E-state index contributed by atoms with van der Waals surface area (Å²) in [4.78, 5) is 0. The van der Waals surface area contributed by atoms with Crippen LogP contribution < -0.4 is 10.1 Å². The molecule has 0 saturated heterocycles. The van der Waals surface area contributed by atoms with Crippen molar-refractivity contribution >= 4 is 0 Å². The van der Waals surface area contributed by atoms with Gasteiger partial charge in [-0.15, -0.1) is 0 Å². The molecule has 110 valence electrons. The summed E-state index contributed by atoms with van der Waals surface area (Å²) in [6, 6.07) is 14.3. The number of nitrogens with one attached hydrogen (secondary N) is 1. The molecule has 0 spiro atoms. The third kappa shape index (κ3) is 3.19. The Labute approximate surface area is 125 Å². The number of ether oxygens (including phenoxy) is 1. The summed E-state index contributed by atoms with van der Waals surface area (Å²) < 4.78 is 5.18. The van der Waals surface area contributed by atoms with Gasteiger partial charge in [0.1, 0.15) is 11.5 Å². The van der Waals surface area contributed by atoms with Crippen LogP contribution in [0.1, 0.15) is 29.2 Å². The van der Waals surface area contributed by atoms with Crippen LogP contribution in [-0.2, 0) is 12.8 Å². The summed E-state index contributed by atoms with van der Waals surface area (Å²) >= 11 is 0. The van der Waals surface area contributed by atoms with Gasteiger partial charge in [-0.1, -0.05) is 18.2 Å². The van der Waals surface area contributed by atoms with Crippen LogP contribution in [0.3, 0.4) is 0 Å². The average Bonchev–Trinajstić information content (AvgIpc) is 2.53. The summed E-state index contributed by atoms with van der Waals surface area (Å²) in [7, 11) is 1.68. The molecule has 0 aliphatic carbocycles. The molecule has 0 saturated carbocycles. The first-order valence-corrected chi connectivity index (χ1v) is 7.44. The number of benzene rings is 2. The number of rotatable bonds is 4. The predicted molar refractivity (Wildman–Crippen MR) is 83.9 cm³/mol. The van der Waals surface area contributed by atoms with E-state index in [1.165, 1.54) is 16.7 Å². The molecule has 0 fully saturated rings. The molecule has 0 radical (unpaired) electrons. The van der Waals surface area contributed by atoms with Crippen LogP contribution in [0.4, 0.5) is 0 Å². The summed E-state index contributed by atoms with van der Waals surface area (Å²) in [5, 5.41) is 13.3. The monoisotopic (exact) mass is 283 g/mol. The number of hydrogen-bond donors (Lipinski definition) is 2. The maximum absolute atomic E-state index is 9.71. The Morgan fingerprint density at radius 2 is 2.00 bits per heavy atom. The third-order valence-corrected chi connectivity index (χ3v) is 4.17. The number of phenolic OH excluding ortho intramolecular Hbond substituents is 1. The molecule has 1 unspecified atom stereocenters. The molecule has 1 aliphatic heterocycles. The highest BCUT2D eigenvalue weighted by Gasteiger charge is 2.19. The number of methoxy groups -OCH3 is 1. The first-order valence-electron chi connectivity index (χ1n) is 7.44. The van der Waals surface area contributed by atoms with Crippen LogP contribution in [0.25, 0.3) is 0 Å². The van der Waals surface area contributed by atoms with Gasteiger partial charge in [-0.05, 0) is 66.8 Å². The smallest absolute Gasteiger partial charge is 0.118 e. The topological polar surface area (TPSA) is 41.5 Å². The Hall–Kier alpha value is -2.00. The van der Waals surface area contributed by atoms with E-state index in [4.69, 9.17) is 4.74 Å². The highest BCUT2D eigenvalue weighted by molar-refractivity contribution is 5.39. The fourth-order valence-electron chi connectivity index (χ4n) is 2.99. The molecule has 0 bridgehead atoms. The SMILES string of the molecule is COc1ccc(CCC2NCCc3ccc(O)cc32)cc1. The van der Waals surface area contributed by atoms with Gasteiger partial charge in [0.2, 0.25) is 0 Å². The van der Waals surface area contributed by atoms with E-state index in [1.807, 2.05) is 24.3 Å². The van der Waals surface area contributed by atoms with Gasteiger partial charge in [0, 0.05) is 6.04 Å². The zero-order chi connectivity index (χ0) is 14.7. The van der Waals surface area contributed by atoms with Crippen molar-refractivity contribution in [2.24, 2.45) is 0 Å². The van der Waals surface area contributed by atoms with E-state index in [1.54, 1.807) is 13.2 Å². The van der Waals surface area contributed by atoms with Gasteiger partial charge >= 0.3 is 0 Å². The zero-order valence-corrected chi connectivity index (χ0v) is 12.3. The molecule has 2 aromatic rings. The summed E-state index contributed by atoms with van der Waals surface area (Å²) in [5.41, 5.74) is 3.91. The highest BCUT2D eigenvalue weighted by Crippen LogP contribution is 2.29. The fourth-order valence-corrected chi connectivity index (χ4v) is 2.99. The molecule has 0 aromatic heterocycles. The second-order valence-electron chi connectivity index (χ2n) is 5.53. The minimum Gasteiger partial charge on any atom is -0.508 e. The van der Waals surface area contributed by atoms with Crippen LogP contribution in [0.15, 0.2) is 42.5 Å². The van der Waals surface area contributed by atoms with Gasteiger partial charge in [-0.3, -0.25) is 0 Å². The van der Waals surface area contributed by atoms with E-state index in [2.05, 4.69) is 17.4 Å². The maximum atomic E-state index is 9.71. The van der Waals surface area contributed by atoms with E-state index in [9.17, 15) is 5.11 Å². The molecule has 3 rings (SSSR count). The molecule has 1 aliphatic rings. The molecule has 3 heteroatoms. The Morgan fingerprint density at radius 3 is 2.76 bits per heavy atom. The minimum absolute atomic E-state index is 0.322. The Kier molecular flexibility index (Phi) is 4.11. The zero-order valence-electron chi connectivity index (χ0n) is 12.3. The van der Waals surface area contributed by atoms with Crippen LogP contribution >= 0.6 is 0 Å². The molecular weight excluding hydrogens is 262 g/mol. The van der Waals surface area contributed by atoms with Gasteiger partial charge in [0.05, 0.1) is 7.11 Å². The van der Waals surface area contributed by atoms with Crippen LogP contribution in [0.5, 0.6) is 11.5 Å². The first kappa shape index (κ1) is 14.0. The van der Waals surface area contributed by atoms with Crippen molar-refractivity contribution in [3.05, 3.63) is 59.2 Å². The predicted octanol–water partition coefficient (Wildman–Crippen LogP) is 3.22. The second-order valence-corrected chi connectivity index (χ2v) is 5.53. The van der Waals surface area contributed by atoms with Crippen molar-refractivity contribution in [1.82, 2.24) is 5.32 Å². The number of aryl methyl sites for hydroxylation is 1. The quantitative estimate of drug-likeness (QED) is 0.905. The fraction of sp³-hybridized carbons (Fsp3) is 0.333. The van der Waals surface area contributed by atoms with E-state index >= 15 is 0 Å². The second kappa shape index (κ2) is 6.19. The van der Waals surface area contributed by atoms with Crippen molar-refractivity contribution in [2.45, 2.75) is 25.3 Å². The van der Waals surface area contributed by atoms with Gasteiger partial charge < -0.3 is 15.2 Å². The molecule has 3 nitrogen and oxygen atoms in total. The standard InChI is InChI=1S/C18H21NO2/c1-21-16-7-2-13(3-8-16)4-9-18-17-12-15(20)6-5-14(17)10-11-19-18/h2-3,5-8,12,18-20H,4,9-11H2,1H3. The van der Waals surface area contributed by atoms with Crippen LogP contribution in [0, 0.1) is 0 Å². The highest BCUT2D eigenvalue weighted by atomic mass is 16.5. The molecule has 2 N–H and O–H groups in total. The molecule has 1 atom stereocenters. The van der Waals surface area contributed by atoms with E-state index in [0.29, 0.717) is 11.8 Å². The Morgan fingerprint density at radius 1 is 1.19 bits per heavy atom. The van der Waals surface area contributed by atoms with Gasteiger partial charge in [0.15, 0.2) is 0 Å². The Balaban J connectivity index is 1.70. The summed E-state index contributed by atoms with van der Waals surface area (Å²) in [6.07, 6.45) is 3.08. The minimum atomic E-state index is 0.322. The van der Waals surface area contributed by atoms with Gasteiger partial charge in [-0.2, -0.15) is 0 Å². The van der Waals surface area contributed by atoms with Gasteiger partial charge in [-0.25, -0.2) is 0 Å². The summed E-state index contributed by atoms with van der Waals surface area (Å²) in [5.74, 6) is 1.25. The lowest BCUT2D eigenvalue weighted by molar-refractivity contribution is 0.414. The Bertz CT molecular complexity index is 607. The normalized spacial score (nSPS) is 17.3. The van der Waals surface area contributed by atoms with Crippen LogP contribution in [0.2, 0.25) is 0 Å². The van der Waals surface area contributed by atoms with Crippen LogP contribution in [-0.4, -0.2) is 18.8 Å². The van der Waals surface area contributed by atoms with Crippen molar-refractivity contribution in [3.63, 3.8) is 0 Å². The molecular formula is C18H21NO2. The lowest BCUT2D eigenvalue weighted by Gasteiger charge is -2.27. The van der Waals surface area contributed by atoms with E-state index in [0.717, 1.165) is 31.6 Å². The maximum Gasteiger partial charge on any atom is 0.118 e.